The molecule has 0 amide bonds. The summed E-state index contributed by atoms with van der Waals surface area (Å²) >= 11 is 0. The smallest absolute Gasteiger partial charge is 0.224 e. The minimum absolute atomic E-state index is 0.486. The Balaban J connectivity index is 2.15. The van der Waals surface area contributed by atoms with Gasteiger partial charge in [0.05, 0.1) is 0 Å². The maximum Gasteiger partial charge on any atom is 0.224 e. The summed E-state index contributed by atoms with van der Waals surface area (Å²) in [7, 11) is 1.85. The van der Waals surface area contributed by atoms with Gasteiger partial charge in [-0.2, -0.15) is 4.98 Å². The van der Waals surface area contributed by atoms with E-state index in [9.17, 15) is 0 Å². The molecule has 0 radical (unpaired) electrons. The summed E-state index contributed by atoms with van der Waals surface area (Å²) < 4.78 is 0. The Hall–Kier alpha value is -1.32. The zero-order valence-corrected chi connectivity index (χ0v) is 10.3. The standard InChI is InChI=1S/C12H20N4/c1-9(2)16(8-10-4-5-10)11-6-7-14-12(13-3)15-11/h6-7,9-10H,4-5,8H2,1-3H3,(H,13,14,15). The number of hydrogen-bond acceptors (Lipinski definition) is 4. The van der Waals surface area contributed by atoms with Gasteiger partial charge in [-0.05, 0) is 38.7 Å². The van der Waals surface area contributed by atoms with Crippen LogP contribution in [0, 0.1) is 5.92 Å². The number of hydrogen-bond donors (Lipinski definition) is 1. The summed E-state index contributed by atoms with van der Waals surface area (Å²) in [5, 5.41) is 2.98. The zero-order valence-electron chi connectivity index (χ0n) is 10.3. The van der Waals surface area contributed by atoms with Crippen LogP contribution in [0.2, 0.25) is 0 Å². The molecule has 1 aromatic rings. The lowest BCUT2D eigenvalue weighted by molar-refractivity contribution is 0.636. The van der Waals surface area contributed by atoms with Gasteiger partial charge >= 0.3 is 0 Å². The highest BCUT2D eigenvalue weighted by atomic mass is 15.2. The van der Waals surface area contributed by atoms with Crippen LogP contribution in [0.25, 0.3) is 0 Å². The number of aromatic nitrogens is 2. The van der Waals surface area contributed by atoms with Crippen LogP contribution in [-0.2, 0) is 0 Å². The largest absolute Gasteiger partial charge is 0.357 e. The highest BCUT2D eigenvalue weighted by Gasteiger charge is 2.26. The van der Waals surface area contributed by atoms with E-state index in [4.69, 9.17) is 0 Å². The molecule has 0 unspecified atom stereocenters. The Kier molecular flexibility index (Phi) is 3.27. The normalized spacial score (nSPS) is 15.2. The Bertz CT molecular complexity index is 347. The second kappa shape index (κ2) is 4.68. The first-order chi connectivity index (χ1) is 7.70. The second-order valence-electron chi connectivity index (χ2n) is 4.68. The van der Waals surface area contributed by atoms with Crippen molar-refractivity contribution in [3.8, 4) is 0 Å². The van der Waals surface area contributed by atoms with Gasteiger partial charge in [0.25, 0.3) is 0 Å². The van der Waals surface area contributed by atoms with Gasteiger partial charge in [-0.1, -0.05) is 0 Å². The first-order valence-electron chi connectivity index (χ1n) is 5.98. The fraction of sp³-hybridized carbons (Fsp3) is 0.667. The molecule has 16 heavy (non-hydrogen) atoms. The summed E-state index contributed by atoms with van der Waals surface area (Å²) in [4.78, 5) is 11.0. The molecule has 0 saturated heterocycles. The minimum atomic E-state index is 0.486. The van der Waals surface area contributed by atoms with Gasteiger partial charge in [-0.3, -0.25) is 0 Å². The van der Waals surface area contributed by atoms with Gasteiger partial charge in [0.15, 0.2) is 0 Å². The number of anilines is 2. The van der Waals surface area contributed by atoms with Gasteiger partial charge in [-0.15, -0.1) is 0 Å². The van der Waals surface area contributed by atoms with Crippen LogP contribution in [0.4, 0.5) is 11.8 Å². The molecule has 0 spiro atoms. The minimum Gasteiger partial charge on any atom is -0.357 e. The van der Waals surface area contributed by atoms with Crippen LogP contribution in [0.3, 0.4) is 0 Å². The fourth-order valence-corrected chi connectivity index (χ4v) is 1.78. The summed E-state index contributed by atoms with van der Waals surface area (Å²) in [5.41, 5.74) is 0. The number of nitrogens with one attached hydrogen (secondary N) is 1. The molecule has 1 fully saturated rings. The molecule has 1 aliphatic rings. The van der Waals surface area contributed by atoms with E-state index in [1.54, 1.807) is 0 Å². The average Bonchev–Trinajstić information content (AvgIpc) is 3.09. The second-order valence-corrected chi connectivity index (χ2v) is 4.68. The lowest BCUT2D eigenvalue weighted by atomic mass is 10.2. The van der Waals surface area contributed by atoms with Gasteiger partial charge < -0.3 is 10.2 Å². The van der Waals surface area contributed by atoms with Gasteiger partial charge in [-0.25, -0.2) is 4.98 Å². The number of nitrogens with zero attached hydrogens (tertiary/aromatic N) is 3. The monoisotopic (exact) mass is 220 g/mol. The Morgan fingerprint density at radius 3 is 2.81 bits per heavy atom. The third-order valence-corrected chi connectivity index (χ3v) is 2.93. The van der Waals surface area contributed by atoms with E-state index in [1.807, 2.05) is 19.3 Å². The lowest BCUT2D eigenvalue weighted by Crippen LogP contribution is -2.33. The van der Waals surface area contributed by atoms with Crippen molar-refractivity contribution < 1.29 is 0 Å². The molecule has 0 atom stereocenters. The predicted molar refractivity (Wildman–Crippen MR) is 66.8 cm³/mol. The van der Waals surface area contributed by atoms with Crippen LogP contribution < -0.4 is 10.2 Å². The molecule has 2 rings (SSSR count). The van der Waals surface area contributed by atoms with E-state index in [0.29, 0.717) is 12.0 Å². The maximum atomic E-state index is 4.50. The van der Waals surface area contributed by atoms with Gasteiger partial charge in [0.2, 0.25) is 5.95 Å². The van der Waals surface area contributed by atoms with Crippen LogP contribution >= 0.6 is 0 Å². The summed E-state index contributed by atoms with van der Waals surface area (Å²) in [6, 6.07) is 2.48. The SMILES string of the molecule is CNc1nccc(N(CC2CC2)C(C)C)n1. The van der Waals surface area contributed by atoms with E-state index < -0.39 is 0 Å². The molecule has 1 heterocycles. The quantitative estimate of drug-likeness (QED) is 0.825. The van der Waals surface area contributed by atoms with Crippen molar-refractivity contribution >= 4 is 11.8 Å². The topological polar surface area (TPSA) is 41.1 Å². The first kappa shape index (κ1) is 11.2. The molecule has 4 heteroatoms. The Labute approximate surface area is 97.1 Å². The molecule has 1 aliphatic carbocycles. The van der Waals surface area contributed by atoms with Crippen LogP contribution in [-0.4, -0.2) is 29.6 Å². The predicted octanol–water partition coefficient (Wildman–Crippen LogP) is 2.14. The van der Waals surface area contributed by atoms with E-state index >= 15 is 0 Å². The van der Waals surface area contributed by atoms with Gasteiger partial charge in [0.1, 0.15) is 5.82 Å². The Morgan fingerprint density at radius 2 is 2.25 bits per heavy atom. The van der Waals surface area contributed by atoms with Crippen molar-refractivity contribution in [3.63, 3.8) is 0 Å². The van der Waals surface area contributed by atoms with Crippen molar-refractivity contribution in [3.05, 3.63) is 12.3 Å². The molecular formula is C12H20N4. The third kappa shape index (κ3) is 2.62. The molecular weight excluding hydrogens is 200 g/mol. The first-order valence-corrected chi connectivity index (χ1v) is 5.98. The van der Waals surface area contributed by atoms with Crippen molar-refractivity contribution in [1.82, 2.24) is 9.97 Å². The van der Waals surface area contributed by atoms with Crippen molar-refractivity contribution in [2.24, 2.45) is 5.92 Å². The van der Waals surface area contributed by atoms with Crippen molar-refractivity contribution in [2.45, 2.75) is 32.7 Å². The molecule has 4 nitrogen and oxygen atoms in total. The maximum absolute atomic E-state index is 4.50. The van der Waals surface area contributed by atoms with Gasteiger partial charge in [0, 0.05) is 25.8 Å². The van der Waals surface area contributed by atoms with E-state index in [1.165, 1.54) is 12.8 Å². The lowest BCUT2D eigenvalue weighted by Gasteiger charge is -2.28. The molecule has 1 aromatic heterocycles. The molecule has 88 valence electrons. The van der Waals surface area contributed by atoms with E-state index in [0.717, 1.165) is 18.3 Å². The summed E-state index contributed by atoms with van der Waals surface area (Å²) in [6.45, 7) is 5.55. The fourth-order valence-electron chi connectivity index (χ4n) is 1.78. The molecule has 0 aliphatic heterocycles. The van der Waals surface area contributed by atoms with Crippen LogP contribution in [0.15, 0.2) is 12.3 Å². The Morgan fingerprint density at radius 1 is 1.50 bits per heavy atom. The van der Waals surface area contributed by atoms with E-state index in [2.05, 4.69) is 34.0 Å². The zero-order chi connectivity index (χ0) is 11.5. The highest BCUT2D eigenvalue weighted by molar-refractivity contribution is 5.43. The van der Waals surface area contributed by atoms with Crippen molar-refractivity contribution in [1.29, 1.82) is 0 Å². The van der Waals surface area contributed by atoms with E-state index in [-0.39, 0.29) is 0 Å². The number of rotatable bonds is 5. The molecule has 1 N–H and O–H groups in total. The molecule has 0 bridgehead atoms. The molecule has 1 saturated carbocycles. The van der Waals surface area contributed by atoms with Crippen LogP contribution in [0.5, 0.6) is 0 Å². The summed E-state index contributed by atoms with van der Waals surface area (Å²) in [6.07, 6.45) is 4.55. The average molecular weight is 220 g/mol. The van der Waals surface area contributed by atoms with Crippen molar-refractivity contribution in [2.75, 3.05) is 23.8 Å². The highest BCUT2D eigenvalue weighted by Crippen LogP contribution is 2.31. The molecule has 0 aromatic carbocycles. The summed E-state index contributed by atoms with van der Waals surface area (Å²) in [5.74, 6) is 2.59. The van der Waals surface area contributed by atoms with Crippen LogP contribution in [0.1, 0.15) is 26.7 Å². The third-order valence-electron chi connectivity index (χ3n) is 2.93.